The number of anilines is 1. The molecule has 110 valence electrons. The largest absolute Gasteiger partial charge is 0.395 e. The van der Waals surface area contributed by atoms with Gasteiger partial charge >= 0.3 is 0 Å². The standard InChI is InChI=1S/C14H22N4O2/c19-11-10-16-5-1-6-17(9-8-16)13-14(20)18(7-4-15-13)12-2-3-12/h4,7,12,19H,1-3,5-6,8-11H2. The predicted molar refractivity (Wildman–Crippen MR) is 77.1 cm³/mol. The van der Waals surface area contributed by atoms with E-state index in [0.717, 1.165) is 45.4 Å². The summed E-state index contributed by atoms with van der Waals surface area (Å²) in [6.07, 6.45) is 6.76. The molecule has 0 aromatic carbocycles. The fraction of sp³-hybridized carbons (Fsp3) is 0.714. The second kappa shape index (κ2) is 5.93. The number of aliphatic hydroxyl groups excluding tert-OH is 1. The average molecular weight is 278 g/mol. The molecule has 1 aromatic rings. The summed E-state index contributed by atoms with van der Waals surface area (Å²) in [6, 6.07) is 0.391. The highest BCUT2D eigenvalue weighted by atomic mass is 16.3. The summed E-state index contributed by atoms with van der Waals surface area (Å²) in [4.78, 5) is 21.1. The van der Waals surface area contributed by atoms with E-state index in [1.807, 2.05) is 4.57 Å². The lowest BCUT2D eigenvalue weighted by Crippen LogP contribution is -2.36. The van der Waals surface area contributed by atoms with Crippen molar-refractivity contribution in [3.05, 3.63) is 22.7 Å². The van der Waals surface area contributed by atoms with E-state index in [2.05, 4.69) is 14.8 Å². The van der Waals surface area contributed by atoms with Gasteiger partial charge in [-0.15, -0.1) is 0 Å². The molecule has 2 heterocycles. The Hall–Kier alpha value is -1.40. The molecule has 1 aliphatic heterocycles. The van der Waals surface area contributed by atoms with Gasteiger partial charge in [-0.1, -0.05) is 0 Å². The van der Waals surface area contributed by atoms with Crippen molar-refractivity contribution < 1.29 is 5.11 Å². The Morgan fingerprint density at radius 3 is 2.85 bits per heavy atom. The lowest BCUT2D eigenvalue weighted by atomic mass is 10.4. The van der Waals surface area contributed by atoms with Crippen LogP contribution in [-0.4, -0.2) is 58.9 Å². The molecular formula is C14H22N4O2. The highest BCUT2D eigenvalue weighted by Gasteiger charge is 2.26. The highest BCUT2D eigenvalue weighted by molar-refractivity contribution is 5.36. The van der Waals surface area contributed by atoms with E-state index in [-0.39, 0.29) is 12.2 Å². The maximum Gasteiger partial charge on any atom is 0.293 e. The molecule has 0 amide bonds. The zero-order chi connectivity index (χ0) is 13.9. The van der Waals surface area contributed by atoms with Crippen LogP contribution in [0.5, 0.6) is 0 Å². The predicted octanol–water partition coefficient (Wildman–Crippen LogP) is 0.0826. The third kappa shape index (κ3) is 2.86. The number of hydrogen-bond donors (Lipinski definition) is 1. The van der Waals surface area contributed by atoms with Gasteiger partial charge < -0.3 is 14.6 Å². The average Bonchev–Trinajstić information content (AvgIpc) is 3.27. The number of hydrogen-bond acceptors (Lipinski definition) is 5. The molecule has 1 saturated heterocycles. The Morgan fingerprint density at radius 1 is 1.25 bits per heavy atom. The van der Waals surface area contributed by atoms with Crippen LogP contribution in [0.2, 0.25) is 0 Å². The van der Waals surface area contributed by atoms with Crippen LogP contribution in [0.3, 0.4) is 0 Å². The minimum absolute atomic E-state index is 0.0469. The fourth-order valence-electron chi connectivity index (χ4n) is 2.82. The molecule has 0 radical (unpaired) electrons. The topological polar surface area (TPSA) is 61.6 Å². The van der Waals surface area contributed by atoms with Gasteiger partial charge in [-0.05, 0) is 25.8 Å². The quantitative estimate of drug-likeness (QED) is 0.845. The first-order chi connectivity index (χ1) is 9.79. The number of β-amino-alcohol motifs (C(OH)–C–C–N with tert-alkyl or cyclic N) is 1. The molecule has 1 saturated carbocycles. The zero-order valence-corrected chi connectivity index (χ0v) is 11.7. The lowest BCUT2D eigenvalue weighted by molar-refractivity contribution is 0.204. The summed E-state index contributed by atoms with van der Waals surface area (Å²) in [6.45, 7) is 4.41. The van der Waals surface area contributed by atoms with Crippen molar-refractivity contribution in [3.8, 4) is 0 Å². The van der Waals surface area contributed by atoms with Gasteiger partial charge in [-0.2, -0.15) is 0 Å². The van der Waals surface area contributed by atoms with E-state index in [0.29, 0.717) is 18.4 Å². The minimum atomic E-state index is 0.0469. The van der Waals surface area contributed by atoms with Crippen molar-refractivity contribution in [2.24, 2.45) is 0 Å². The van der Waals surface area contributed by atoms with Crippen molar-refractivity contribution in [3.63, 3.8) is 0 Å². The van der Waals surface area contributed by atoms with Crippen molar-refractivity contribution in [2.75, 3.05) is 44.2 Å². The smallest absolute Gasteiger partial charge is 0.293 e. The van der Waals surface area contributed by atoms with Crippen molar-refractivity contribution >= 4 is 5.82 Å². The summed E-state index contributed by atoms with van der Waals surface area (Å²) in [5.74, 6) is 0.588. The van der Waals surface area contributed by atoms with Crippen molar-refractivity contribution in [1.82, 2.24) is 14.5 Å². The van der Waals surface area contributed by atoms with Gasteiger partial charge in [0.15, 0.2) is 5.82 Å². The monoisotopic (exact) mass is 278 g/mol. The first-order valence-electron chi connectivity index (χ1n) is 7.45. The Balaban J connectivity index is 1.75. The molecule has 1 aliphatic carbocycles. The zero-order valence-electron chi connectivity index (χ0n) is 11.7. The molecule has 2 aliphatic rings. The molecule has 0 spiro atoms. The van der Waals surface area contributed by atoms with Crippen LogP contribution >= 0.6 is 0 Å². The molecule has 6 nitrogen and oxygen atoms in total. The van der Waals surface area contributed by atoms with E-state index < -0.39 is 0 Å². The summed E-state index contributed by atoms with van der Waals surface area (Å²) < 4.78 is 1.83. The van der Waals surface area contributed by atoms with Gasteiger partial charge in [0.1, 0.15) is 0 Å². The molecule has 1 aromatic heterocycles. The summed E-state index contributed by atoms with van der Waals surface area (Å²) >= 11 is 0. The normalized spacial score (nSPS) is 20.9. The van der Waals surface area contributed by atoms with Gasteiger partial charge in [0.2, 0.25) is 0 Å². The van der Waals surface area contributed by atoms with Crippen LogP contribution in [0, 0.1) is 0 Å². The molecular weight excluding hydrogens is 256 g/mol. The second-order valence-corrected chi connectivity index (χ2v) is 5.60. The third-order valence-corrected chi connectivity index (χ3v) is 4.09. The SMILES string of the molecule is O=c1c(N2CCCN(CCO)CC2)nccn1C1CC1. The third-order valence-electron chi connectivity index (χ3n) is 4.09. The molecule has 6 heteroatoms. The van der Waals surface area contributed by atoms with Crippen molar-refractivity contribution in [2.45, 2.75) is 25.3 Å². The molecule has 0 bridgehead atoms. The van der Waals surface area contributed by atoms with Crippen LogP contribution in [0.25, 0.3) is 0 Å². The van der Waals surface area contributed by atoms with Gasteiger partial charge in [0.25, 0.3) is 5.56 Å². The molecule has 20 heavy (non-hydrogen) atoms. The number of rotatable bonds is 4. The summed E-state index contributed by atoms with van der Waals surface area (Å²) in [5, 5.41) is 9.02. The van der Waals surface area contributed by atoms with E-state index in [1.165, 1.54) is 0 Å². The van der Waals surface area contributed by atoms with Crippen LogP contribution < -0.4 is 10.5 Å². The van der Waals surface area contributed by atoms with E-state index in [1.54, 1.807) is 12.4 Å². The molecule has 2 fully saturated rings. The van der Waals surface area contributed by atoms with Gasteiger partial charge in [0.05, 0.1) is 6.61 Å². The van der Waals surface area contributed by atoms with Crippen LogP contribution in [0.4, 0.5) is 5.82 Å². The first kappa shape index (κ1) is 13.6. The summed E-state index contributed by atoms with van der Waals surface area (Å²) in [7, 11) is 0. The highest BCUT2D eigenvalue weighted by Crippen LogP contribution is 2.33. The molecule has 1 N–H and O–H groups in total. The number of aliphatic hydroxyl groups is 1. The van der Waals surface area contributed by atoms with E-state index in [9.17, 15) is 4.79 Å². The van der Waals surface area contributed by atoms with Gasteiger partial charge in [0, 0.05) is 44.6 Å². The number of nitrogens with zero attached hydrogens (tertiary/aromatic N) is 4. The van der Waals surface area contributed by atoms with Crippen LogP contribution in [-0.2, 0) is 0 Å². The maximum atomic E-state index is 12.5. The maximum absolute atomic E-state index is 12.5. The molecule has 0 unspecified atom stereocenters. The summed E-state index contributed by atoms with van der Waals surface area (Å²) in [5.41, 5.74) is 0.0469. The minimum Gasteiger partial charge on any atom is -0.395 e. The van der Waals surface area contributed by atoms with Crippen LogP contribution in [0.15, 0.2) is 17.2 Å². The lowest BCUT2D eigenvalue weighted by Gasteiger charge is -2.22. The molecule has 3 rings (SSSR count). The Kier molecular flexibility index (Phi) is 4.03. The van der Waals surface area contributed by atoms with Crippen molar-refractivity contribution in [1.29, 1.82) is 0 Å². The Labute approximate surface area is 118 Å². The number of aromatic nitrogens is 2. The van der Waals surface area contributed by atoms with Gasteiger partial charge in [-0.25, -0.2) is 4.98 Å². The Bertz CT molecular complexity index is 512. The fourth-order valence-corrected chi connectivity index (χ4v) is 2.82. The van der Waals surface area contributed by atoms with Gasteiger partial charge in [-0.3, -0.25) is 9.69 Å². The first-order valence-corrected chi connectivity index (χ1v) is 7.45. The van der Waals surface area contributed by atoms with E-state index >= 15 is 0 Å². The van der Waals surface area contributed by atoms with Crippen LogP contribution in [0.1, 0.15) is 25.3 Å². The Morgan fingerprint density at radius 2 is 2.10 bits per heavy atom. The van der Waals surface area contributed by atoms with E-state index in [4.69, 9.17) is 5.11 Å². The molecule has 0 atom stereocenters. The second-order valence-electron chi connectivity index (χ2n) is 5.60.